The van der Waals surface area contributed by atoms with Gasteiger partial charge in [-0.05, 0) is 12.1 Å². The number of halogens is 1. The Morgan fingerprint density at radius 3 is 2.65 bits per heavy atom. The molecule has 0 radical (unpaired) electrons. The molecule has 0 aliphatic carbocycles. The van der Waals surface area contributed by atoms with Crippen LogP contribution in [0.5, 0.6) is 0 Å². The van der Waals surface area contributed by atoms with Crippen molar-refractivity contribution in [3.63, 3.8) is 0 Å². The number of hydrogen-bond acceptors (Lipinski definition) is 6. The Morgan fingerprint density at radius 1 is 1.20 bits per heavy atom. The number of anilines is 1. The molecule has 2 aromatic rings. The molecule has 20 heavy (non-hydrogen) atoms. The number of rotatable bonds is 3. The summed E-state index contributed by atoms with van der Waals surface area (Å²) >= 11 is 0. The highest BCUT2D eigenvalue weighted by Gasteiger charge is 2.19. The van der Waals surface area contributed by atoms with E-state index in [4.69, 9.17) is 4.52 Å². The summed E-state index contributed by atoms with van der Waals surface area (Å²) in [4.78, 5) is 12.4. The van der Waals surface area contributed by atoms with E-state index < -0.39 is 5.95 Å². The standard InChI is InChI=1S/C13H16FN5O/c1-10-15-12(17-20-10)9-18-5-7-19(8-6-18)13-4-2-3-11(14)16-13/h2-4H,5-9H2,1H3. The van der Waals surface area contributed by atoms with E-state index >= 15 is 0 Å². The minimum atomic E-state index is -0.438. The largest absolute Gasteiger partial charge is 0.354 e. The van der Waals surface area contributed by atoms with Crippen molar-refractivity contribution in [2.24, 2.45) is 0 Å². The second-order valence-electron chi connectivity index (χ2n) is 4.81. The van der Waals surface area contributed by atoms with Crippen LogP contribution in [0.25, 0.3) is 0 Å². The van der Waals surface area contributed by atoms with Gasteiger partial charge in [-0.1, -0.05) is 11.2 Å². The number of aryl methyl sites for hydroxylation is 1. The smallest absolute Gasteiger partial charge is 0.223 e. The topological polar surface area (TPSA) is 58.3 Å². The Balaban J connectivity index is 1.57. The van der Waals surface area contributed by atoms with Crippen LogP contribution in [0.15, 0.2) is 22.7 Å². The summed E-state index contributed by atoms with van der Waals surface area (Å²) in [5.74, 6) is 1.55. The van der Waals surface area contributed by atoms with Crippen molar-refractivity contribution in [2.75, 3.05) is 31.1 Å². The molecule has 0 spiro atoms. The van der Waals surface area contributed by atoms with Crippen LogP contribution in [-0.4, -0.2) is 46.2 Å². The van der Waals surface area contributed by atoms with Gasteiger partial charge in [0, 0.05) is 33.1 Å². The SMILES string of the molecule is Cc1nc(CN2CCN(c3cccc(F)n3)CC2)no1. The first-order chi connectivity index (χ1) is 9.70. The Kier molecular flexibility index (Phi) is 3.60. The average molecular weight is 277 g/mol. The van der Waals surface area contributed by atoms with Gasteiger partial charge in [-0.15, -0.1) is 0 Å². The molecule has 3 heterocycles. The van der Waals surface area contributed by atoms with Gasteiger partial charge in [-0.25, -0.2) is 4.98 Å². The third kappa shape index (κ3) is 2.93. The lowest BCUT2D eigenvalue weighted by molar-refractivity contribution is 0.239. The number of pyridine rings is 1. The molecule has 6 nitrogen and oxygen atoms in total. The number of hydrogen-bond donors (Lipinski definition) is 0. The van der Waals surface area contributed by atoms with Crippen LogP contribution in [0.3, 0.4) is 0 Å². The molecule has 0 saturated carbocycles. The maximum Gasteiger partial charge on any atom is 0.223 e. The van der Waals surface area contributed by atoms with E-state index in [1.54, 1.807) is 13.0 Å². The van der Waals surface area contributed by atoms with Gasteiger partial charge in [0.2, 0.25) is 11.8 Å². The molecule has 1 saturated heterocycles. The summed E-state index contributed by atoms with van der Waals surface area (Å²) in [7, 11) is 0. The third-order valence-electron chi connectivity index (χ3n) is 3.33. The van der Waals surface area contributed by atoms with Crippen LogP contribution in [-0.2, 0) is 6.54 Å². The van der Waals surface area contributed by atoms with Crippen LogP contribution >= 0.6 is 0 Å². The Labute approximate surface area is 116 Å². The molecular weight excluding hydrogens is 261 g/mol. The van der Waals surface area contributed by atoms with E-state index in [0.29, 0.717) is 24.1 Å². The highest BCUT2D eigenvalue weighted by Crippen LogP contribution is 2.14. The zero-order chi connectivity index (χ0) is 13.9. The van der Waals surface area contributed by atoms with Crippen LogP contribution in [0, 0.1) is 12.9 Å². The maximum atomic E-state index is 13.1. The van der Waals surface area contributed by atoms with Crippen LogP contribution in [0.4, 0.5) is 10.2 Å². The van der Waals surface area contributed by atoms with E-state index in [0.717, 1.165) is 26.2 Å². The predicted octanol–water partition coefficient (Wildman–Crippen LogP) is 1.23. The van der Waals surface area contributed by atoms with E-state index in [9.17, 15) is 4.39 Å². The molecule has 0 unspecified atom stereocenters. The van der Waals surface area contributed by atoms with Crippen molar-refractivity contribution in [2.45, 2.75) is 13.5 Å². The third-order valence-corrected chi connectivity index (χ3v) is 3.33. The van der Waals surface area contributed by atoms with Crippen LogP contribution in [0.1, 0.15) is 11.7 Å². The lowest BCUT2D eigenvalue weighted by atomic mass is 10.3. The van der Waals surface area contributed by atoms with Crippen molar-refractivity contribution < 1.29 is 8.91 Å². The van der Waals surface area contributed by atoms with Gasteiger partial charge in [-0.3, -0.25) is 4.90 Å². The van der Waals surface area contributed by atoms with Crippen LogP contribution < -0.4 is 4.90 Å². The van der Waals surface area contributed by atoms with Gasteiger partial charge in [0.25, 0.3) is 0 Å². The van der Waals surface area contributed by atoms with Crippen LogP contribution in [0.2, 0.25) is 0 Å². The highest BCUT2D eigenvalue weighted by molar-refractivity contribution is 5.38. The summed E-state index contributed by atoms with van der Waals surface area (Å²) < 4.78 is 18.1. The first kappa shape index (κ1) is 13.0. The van der Waals surface area contributed by atoms with Gasteiger partial charge in [0.1, 0.15) is 5.82 Å². The first-order valence-corrected chi connectivity index (χ1v) is 6.60. The minimum Gasteiger partial charge on any atom is -0.354 e. The van der Waals surface area contributed by atoms with E-state index in [2.05, 4.69) is 24.9 Å². The zero-order valence-corrected chi connectivity index (χ0v) is 11.3. The monoisotopic (exact) mass is 277 g/mol. The van der Waals surface area contributed by atoms with Crippen molar-refractivity contribution in [3.8, 4) is 0 Å². The van der Waals surface area contributed by atoms with E-state index in [1.165, 1.54) is 6.07 Å². The van der Waals surface area contributed by atoms with Crippen molar-refractivity contribution >= 4 is 5.82 Å². The van der Waals surface area contributed by atoms with Gasteiger partial charge in [0.05, 0.1) is 6.54 Å². The quantitative estimate of drug-likeness (QED) is 0.787. The average Bonchev–Trinajstić information content (AvgIpc) is 2.85. The molecular formula is C13H16FN5O. The summed E-state index contributed by atoms with van der Waals surface area (Å²) in [5.41, 5.74) is 0. The molecule has 3 rings (SSSR count). The second-order valence-corrected chi connectivity index (χ2v) is 4.81. The lowest BCUT2D eigenvalue weighted by Crippen LogP contribution is -2.46. The molecule has 1 aliphatic rings. The number of nitrogens with zero attached hydrogens (tertiary/aromatic N) is 5. The minimum absolute atomic E-state index is 0.438. The number of piperazine rings is 1. The highest BCUT2D eigenvalue weighted by atomic mass is 19.1. The summed E-state index contributed by atoms with van der Waals surface area (Å²) in [6.07, 6.45) is 0. The second kappa shape index (κ2) is 5.54. The zero-order valence-electron chi connectivity index (χ0n) is 11.3. The molecule has 1 aliphatic heterocycles. The maximum absolute atomic E-state index is 13.1. The fourth-order valence-electron chi connectivity index (χ4n) is 2.31. The molecule has 106 valence electrons. The molecule has 7 heteroatoms. The van der Waals surface area contributed by atoms with Crippen molar-refractivity contribution in [1.82, 2.24) is 20.0 Å². The summed E-state index contributed by atoms with van der Waals surface area (Å²) in [6, 6.07) is 4.88. The molecule has 0 aromatic carbocycles. The molecule has 2 aromatic heterocycles. The Bertz CT molecular complexity index is 580. The molecule has 0 bridgehead atoms. The molecule has 0 atom stereocenters. The predicted molar refractivity (Wildman–Crippen MR) is 70.7 cm³/mol. The molecule has 1 fully saturated rings. The van der Waals surface area contributed by atoms with Crippen molar-refractivity contribution in [1.29, 1.82) is 0 Å². The first-order valence-electron chi connectivity index (χ1n) is 6.60. The summed E-state index contributed by atoms with van der Waals surface area (Å²) in [5, 5.41) is 3.90. The van der Waals surface area contributed by atoms with E-state index in [-0.39, 0.29) is 0 Å². The van der Waals surface area contributed by atoms with Gasteiger partial charge >= 0.3 is 0 Å². The van der Waals surface area contributed by atoms with Gasteiger partial charge in [-0.2, -0.15) is 9.37 Å². The Hall–Kier alpha value is -2.02. The Morgan fingerprint density at radius 2 is 2.00 bits per heavy atom. The lowest BCUT2D eigenvalue weighted by Gasteiger charge is -2.34. The fourth-order valence-corrected chi connectivity index (χ4v) is 2.31. The fraction of sp³-hybridized carbons (Fsp3) is 0.462. The molecule has 0 amide bonds. The number of aromatic nitrogens is 3. The van der Waals surface area contributed by atoms with Gasteiger partial charge in [0.15, 0.2) is 5.82 Å². The normalized spacial score (nSPS) is 16.6. The molecule has 0 N–H and O–H groups in total. The summed E-state index contributed by atoms with van der Waals surface area (Å²) in [6.45, 7) is 5.82. The van der Waals surface area contributed by atoms with E-state index in [1.807, 2.05) is 6.07 Å². The van der Waals surface area contributed by atoms with Crippen molar-refractivity contribution in [3.05, 3.63) is 35.9 Å². The van der Waals surface area contributed by atoms with Gasteiger partial charge < -0.3 is 9.42 Å².